The van der Waals surface area contributed by atoms with Crippen LogP contribution in [-0.4, -0.2) is 44.2 Å². The molecule has 0 unspecified atom stereocenters. The maximum absolute atomic E-state index is 8.88. The van der Waals surface area contributed by atoms with E-state index in [0.717, 1.165) is 0 Å². The third-order valence-corrected chi connectivity index (χ3v) is 0. The van der Waals surface area contributed by atoms with E-state index in [9.17, 15) is 0 Å². The van der Waals surface area contributed by atoms with Crippen molar-refractivity contribution in [1.29, 1.82) is 0 Å². The second kappa shape index (κ2) is 8.56. The van der Waals surface area contributed by atoms with Crippen molar-refractivity contribution in [1.82, 2.24) is 0 Å². The number of hydrogen-bond donors (Lipinski definition) is 3. The Kier molecular flexibility index (Phi) is 24.2. The summed E-state index contributed by atoms with van der Waals surface area (Å²) in [6.07, 6.45) is 0. The Hall–Kier alpha value is 1.56. The SMILES string of the molecule is F.O=P(O)(O)O.[Fe].[NaH]. The topological polar surface area (TPSA) is 77.8 Å². The molecule has 0 aliphatic heterocycles. The predicted molar refractivity (Wildman–Crippen MR) is 23.9 cm³/mol. The molecule has 0 rings (SSSR count). The van der Waals surface area contributed by atoms with Gasteiger partial charge in [-0.15, -0.1) is 0 Å². The van der Waals surface area contributed by atoms with Crippen LogP contribution in [0.1, 0.15) is 0 Å². The van der Waals surface area contributed by atoms with Crippen LogP contribution >= 0.6 is 7.82 Å². The molecule has 0 aromatic rings. The zero-order valence-electron chi connectivity index (χ0n) is 2.96. The molecule has 8 heteroatoms. The van der Waals surface area contributed by atoms with Crippen LogP contribution in [0.4, 0.5) is 4.70 Å². The molecule has 0 radical (unpaired) electrons. The van der Waals surface area contributed by atoms with E-state index in [2.05, 4.69) is 0 Å². The average Bonchev–Trinajstić information content (AvgIpc) is 0.722. The van der Waals surface area contributed by atoms with Gasteiger partial charge < -0.3 is 14.7 Å². The fourth-order valence-electron chi connectivity index (χ4n) is 0. The normalized spacial score (nSPS) is 7.38. The molecular weight excluding hydrogens is 193 g/mol. The third-order valence-electron chi connectivity index (χ3n) is 0. The van der Waals surface area contributed by atoms with E-state index < -0.39 is 7.82 Å². The Morgan fingerprint density at radius 2 is 1.12 bits per heavy atom. The van der Waals surface area contributed by atoms with Crippen molar-refractivity contribution in [3.63, 3.8) is 0 Å². The Morgan fingerprint density at radius 1 is 1.12 bits per heavy atom. The first-order chi connectivity index (χ1) is 2.00. The molecule has 0 atom stereocenters. The maximum atomic E-state index is 8.88. The van der Waals surface area contributed by atoms with E-state index in [-0.39, 0.29) is 51.3 Å². The Morgan fingerprint density at radius 3 is 1.12 bits per heavy atom. The van der Waals surface area contributed by atoms with Crippen molar-refractivity contribution in [2.24, 2.45) is 0 Å². The van der Waals surface area contributed by atoms with Gasteiger partial charge in [0.05, 0.1) is 0 Å². The van der Waals surface area contributed by atoms with Crippen molar-refractivity contribution in [3.8, 4) is 0 Å². The molecule has 0 spiro atoms. The molecule has 0 fully saturated rings. The van der Waals surface area contributed by atoms with Crippen molar-refractivity contribution in [2.45, 2.75) is 0 Å². The van der Waals surface area contributed by atoms with Crippen molar-refractivity contribution >= 4 is 37.4 Å². The molecule has 0 aromatic heterocycles. The molecule has 0 saturated heterocycles. The zero-order valence-corrected chi connectivity index (χ0v) is 4.96. The van der Waals surface area contributed by atoms with Crippen LogP contribution in [0.3, 0.4) is 0 Å². The van der Waals surface area contributed by atoms with Crippen LogP contribution < -0.4 is 0 Å². The van der Waals surface area contributed by atoms with Gasteiger partial charge in [0.25, 0.3) is 0 Å². The minimum absolute atomic E-state index is 0. The van der Waals surface area contributed by atoms with Gasteiger partial charge >= 0.3 is 37.4 Å². The number of rotatable bonds is 0. The van der Waals surface area contributed by atoms with Gasteiger partial charge in [-0.2, -0.15) is 0 Å². The Labute approximate surface area is 78.0 Å². The van der Waals surface area contributed by atoms with Gasteiger partial charge in [-0.3, -0.25) is 4.70 Å². The van der Waals surface area contributed by atoms with E-state index in [4.69, 9.17) is 19.2 Å². The first-order valence-corrected chi connectivity index (χ1v) is 2.35. The standard InChI is InChI=1S/FH.Fe.Na.H3O4P.H/c;;;1-5(2,3)4;/h1H;;;(H3,1,2,3,4);. The van der Waals surface area contributed by atoms with Gasteiger partial charge in [0.15, 0.2) is 0 Å². The third kappa shape index (κ3) is 134. The summed E-state index contributed by atoms with van der Waals surface area (Å²) in [4.78, 5) is 21.6. The van der Waals surface area contributed by atoms with Crippen LogP contribution in [0.15, 0.2) is 0 Å². The van der Waals surface area contributed by atoms with Crippen molar-refractivity contribution in [2.75, 3.05) is 0 Å². The summed E-state index contributed by atoms with van der Waals surface area (Å²) in [5.74, 6) is 0. The number of halogens is 1. The van der Waals surface area contributed by atoms with Crippen LogP contribution in [0.5, 0.6) is 0 Å². The summed E-state index contributed by atoms with van der Waals surface area (Å²) in [6.45, 7) is 0. The molecular formula is H5FFeNaO4P. The summed E-state index contributed by atoms with van der Waals surface area (Å²) < 4.78 is 8.88. The summed E-state index contributed by atoms with van der Waals surface area (Å²) in [5, 5.41) is 0. The molecule has 0 heterocycles. The van der Waals surface area contributed by atoms with Gasteiger partial charge in [0.2, 0.25) is 0 Å². The molecule has 50 valence electrons. The minimum atomic E-state index is -4.64. The summed E-state index contributed by atoms with van der Waals surface area (Å²) >= 11 is 0. The van der Waals surface area contributed by atoms with Gasteiger partial charge in [0, 0.05) is 17.1 Å². The molecule has 0 aromatic carbocycles. The van der Waals surface area contributed by atoms with E-state index in [0.29, 0.717) is 0 Å². The van der Waals surface area contributed by atoms with Crippen LogP contribution in [0.2, 0.25) is 0 Å². The van der Waals surface area contributed by atoms with Crippen molar-refractivity contribution < 1.29 is 41.0 Å². The molecule has 0 bridgehead atoms. The van der Waals surface area contributed by atoms with Crippen LogP contribution in [-0.2, 0) is 21.6 Å². The second-order valence-electron chi connectivity index (χ2n) is 0.513. The van der Waals surface area contributed by atoms with Gasteiger partial charge in [0.1, 0.15) is 0 Å². The molecule has 0 aliphatic rings. The quantitative estimate of drug-likeness (QED) is 0.329. The molecule has 3 N–H and O–H groups in total. The van der Waals surface area contributed by atoms with Crippen LogP contribution in [0.25, 0.3) is 0 Å². The van der Waals surface area contributed by atoms with E-state index in [1.165, 1.54) is 0 Å². The molecule has 4 nitrogen and oxygen atoms in total. The van der Waals surface area contributed by atoms with E-state index >= 15 is 0 Å². The van der Waals surface area contributed by atoms with Gasteiger partial charge in [-0.1, -0.05) is 0 Å². The molecule has 0 saturated carbocycles. The van der Waals surface area contributed by atoms with Gasteiger partial charge in [-0.25, -0.2) is 4.57 Å². The Bertz CT molecular complexity index is 62.2. The van der Waals surface area contributed by atoms with Crippen molar-refractivity contribution in [3.05, 3.63) is 0 Å². The Balaban J connectivity index is -0.0000000267. The fourth-order valence-corrected chi connectivity index (χ4v) is 0. The number of hydrogen-bond acceptors (Lipinski definition) is 1. The monoisotopic (exact) mass is 198 g/mol. The predicted octanol–water partition coefficient (Wildman–Crippen LogP) is -1.43. The molecule has 0 aliphatic carbocycles. The second-order valence-corrected chi connectivity index (χ2v) is 1.54. The summed E-state index contributed by atoms with van der Waals surface area (Å²) in [6, 6.07) is 0. The molecule has 0 amide bonds. The molecule has 8 heavy (non-hydrogen) atoms. The van der Waals surface area contributed by atoms with E-state index in [1.54, 1.807) is 0 Å². The first-order valence-electron chi connectivity index (χ1n) is 0.783. The zero-order chi connectivity index (χ0) is 4.50. The summed E-state index contributed by atoms with van der Waals surface area (Å²) in [7, 11) is -4.64. The fraction of sp³-hybridized carbons (Fsp3) is 0. The van der Waals surface area contributed by atoms with E-state index in [1.807, 2.05) is 0 Å². The van der Waals surface area contributed by atoms with Gasteiger partial charge in [-0.05, 0) is 0 Å². The van der Waals surface area contributed by atoms with Crippen LogP contribution in [0, 0.1) is 0 Å². The first kappa shape index (κ1) is 22.7. The number of phosphoric acid groups is 1. The average molecular weight is 198 g/mol. The summed E-state index contributed by atoms with van der Waals surface area (Å²) in [5.41, 5.74) is 0.